The lowest BCUT2D eigenvalue weighted by atomic mass is 9.48. The standard InChI is InChI=1S/C35H40O4.2C2H6/c1-7-24-20-5-3-15-34(24)28(9-1)38-32-26(13-11-22(17-20)30(32)34)36-19-37-27-14-12-23-18-21-6-4-16-35-25(21)8-2-10-29(35)39-33(27)31(23)35;2*1-2/h11-14,20-21,24-25,28-29H,1-10,15-19H2;2*1-2H3. The fourth-order valence-corrected chi connectivity index (χ4v) is 12.1. The second-order valence-electron chi connectivity index (χ2n) is 14.3. The minimum Gasteiger partial charge on any atom is -0.485 e. The molecule has 0 N–H and O–H groups in total. The smallest absolute Gasteiger partial charge is 0.231 e. The Labute approximate surface area is 259 Å². The third-order valence-corrected chi connectivity index (χ3v) is 13.2. The Balaban J connectivity index is 0.000000669. The zero-order chi connectivity index (χ0) is 29.3. The van der Waals surface area contributed by atoms with Crippen molar-refractivity contribution in [1.29, 1.82) is 0 Å². The molecule has 4 nitrogen and oxygen atoms in total. The van der Waals surface area contributed by atoms with Crippen molar-refractivity contribution in [3.8, 4) is 23.0 Å². The SMILES string of the molecule is CC.CC.c1cc(OCOc2ccc3c4c2OC2CCCC5C(CCCC425)C3)c2c3c1CC1CCCC34C(CCCC14)O2. The predicted octanol–water partition coefficient (Wildman–Crippen LogP) is 9.46. The molecular formula is C39H52O4. The van der Waals surface area contributed by atoms with Crippen LogP contribution in [0.5, 0.6) is 23.0 Å². The lowest BCUT2D eigenvalue weighted by Gasteiger charge is -2.54. The highest BCUT2D eigenvalue weighted by atomic mass is 16.7. The number of benzene rings is 2. The van der Waals surface area contributed by atoms with Crippen LogP contribution in [0.2, 0.25) is 0 Å². The molecule has 8 unspecified atom stereocenters. The molecule has 2 spiro atoms. The van der Waals surface area contributed by atoms with Crippen LogP contribution in [0.4, 0.5) is 0 Å². The van der Waals surface area contributed by atoms with Crippen molar-refractivity contribution in [2.24, 2.45) is 23.7 Å². The molecule has 6 aliphatic carbocycles. The van der Waals surface area contributed by atoms with Crippen molar-refractivity contribution in [2.45, 2.75) is 141 Å². The van der Waals surface area contributed by atoms with Gasteiger partial charge in [0.2, 0.25) is 6.79 Å². The van der Waals surface area contributed by atoms with E-state index in [2.05, 4.69) is 24.3 Å². The van der Waals surface area contributed by atoms with E-state index in [1.807, 2.05) is 27.7 Å². The van der Waals surface area contributed by atoms with Crippen molar-refractivity contribution in [1.82, 2.24) is 0 Å². The minimum atomic E-state index is 0.192. The Kier molecular flexibility index (Phi) is 6.95. The molecular weight excluding hydrogens is 532 g/mol. The average Bonchev–Trinajstić information content (AvgIpc) is 3.56. The van der Waals surface area contributed by atoms with Gasteiger partial charge in [0.15, 0.2) is 23.0 Å². The van der Waals surface area contributed by atoms with Crippen molar-refractivity contribution < 1.29 is 18.9 Å². The molecule has 2 aromatic carbocycles. The molecule has 43 heavy (non-hydrogen) atoms. The zero-order valence-corrected chi connectivity index (χ0v) is 27.0. The summed E-state index contributed by atoms with van der Waals surface area (Å²) in [4.78, 5) is 0. The monoisotopic (exact) mass is 584 g/mol. The Morgan fingerprint density at radius 2 is 1.07 bits per heavy atom. The Hall–Kier alpha value is -2.36. The minimum absolute atomic E-state index is 0.192. The van der Waals surface area contributed by atoms with Gasteiger partial charge in [-0.1, -0.05) is 52.7 Å². The average molecular weight is 585 g/mol. The largest absolute Gasteiger partial charge is 0.485 e. The summed E-state index contributed by atoms with van der Waals surface area (Å²) in [6.07, 6.45) is 18.9. The highest BCUT2D eigenvalue weighted by Gasteiger charge is 2.63. The third kappa shape index (κ3) is 3.67. The Morgan fingerprint density at radius 3 is 1.53 bits per heavy atom. The highest BCUT2D eigenvalue weighted by Crippen LogP contribution is 2.67. The van der Waals surface area contributed by atoms with Crippen LogP contribution in [0.1, 0.15) is 127 Å². The summed E-state index contributed by atoms with van der Waals surface area (Å²) in [5.74, 6) is 7.12. The van der Waals surface area contributed by atoms with Crippen LogP contribution in [0.15, 0.2) is 24.3 Å². The van der Waals surface area contributed by atoms with Gasteiger partial charge < -0.3 is 18.9 Å². The molecule has 4 heteroatoms. The lowest BCUT2D eigenvalue weighted by molar-refractivity contribution is -0.0151. The van der Waals surface area contributed by atoms with Gasteiger partial charge in [0, 0.05) is 22.0 Å². The van der Waals surface area contributed by atoms with Crippen LogP contribution < -0.4 is 18.9 Å². The third-order valence-electron chi connectivity index (χ3n) is 13.2. The van der Waals surface area contributed by atoms with E-state index in [9.17, 15) is 0 Å². The molecule has 2 aromatic rings. The maximum atomic E-state index is 6.82. The van der Waals surface area contributed by atoms with E-state index in [4.69, 9.17) is 18.9 Å². The summed E-state index contributed by atoms with van der Waals surface area (Å²) >= 11 is 0. The normalized spacial score (nSPS) is 37.6. The summed E-state index contributed by atoms with van der Waals surface area (Å²) in [5, 5.41) is 0. The van der Waals surface area contributed by atoms with Crippen LogP contribution in [0, 0.1) is 23.7 Å². The fraction of sp³-hybridized carbons (Fsp3) is 0.692. The molecule has 4 fully saturated rings. The summed E-state index contributed by atoms with van der Waals surface area (Å²) in [5.41, 5.74) is 6.58. The van der Waals surface area contributed by atoms with Gasteiger partial charge in [-0.15, -0.1) is 0 Å². The summed E-state index contributed by atoms with van der Waals surface area (Å²) in [7, 11) is 0. The lowest BCUT2D eigenvalue weighted by Crippen LogP contribution is -2.55. The van der Waals surface area contributed by atoms with Gasteiger partial charge >= 0.3 is 0 Å². The number of hydrogen-bond donors (Lipinski definition) is 0. The first kappa shape index (κ1) is 28.1. The molecule has 4 bridgehead atoms. The van der Waals surface area contributed by atoms with Gasteiger partial charge in [-0.05, 0) is 124 Å². The molecule has 0 saturated heterocycles. The second-order valence-corrected chi connectivity index (χ2v) is 14.3. The van der Waals surface area contributed by atoms with E-state index < -0.39 is 0 Å². The first-order valence-electron chi connectivity index (χ1n) is 18.2. The van der Waals surface area contributed by atoms with Crippen molar-refractivity contribution >= 4 is 0 Å². The van der Waals surface area contributed by atoms with E-state index in [0.717, 1.165) is 46.7 Å². The molecule has 4 saturated carbocycles. The van der Waals surface area contributed by atoms with Crippen molar-refractivity contribution in [3.05, 3.63) is 46.5 Å². The first-order valence-corrected chi connectivity index (χ1v) is 18.2. The maximum Gasteiger partial charge on any atom is 0.231 e. The van der Waals surface area contributed by atoms with Crippen LogP contribution >= 0.6 is 0 Å². The molecule has 0 amide bonds. The molecule has 8 aliphatic rings. The molecule has 2 heterocycles. The van der Waals surface area contributed by atoms with E-state index >= 15 is 0 Å². The maximum absolute atomic E-state index is 6.82. The molecule has 232 valence electrons. The number of ether oxygens (including phenoxy) is 4. The number of rotatable bonds is 4. The summed E-state index contributed by atoms with van der Waals surface area (Å²) in [6, 6.07) is 9.00. The molecule has 0 radical (unpaired) electrons. The number of hydrogen-bond acceptors (Lipinski definition) is 4. The topological polar surface area (TPSA) is 36.9 Å². The second kappa shape index (κ2) is 10.6. The van der Waals surface area contributed by atoms with Crippen LogP contribution in [0.25, 0.3) is 0 Å². The highest BCUT2D eigenvalue weighted by molar-refractivity contribution is 5.62. The summed E-state index contributed by atoms with van der Waals surface area (Å²) < 4.78 is 26.5. The van der Waals surface area contributed by atoms with E-state index in [1.165, 1.54) is 112 Å². The zero-order valence-electron chi connectivity index (χ0n) is 27.0. The molecule has 10 rings (SSSR count). The summed E-state index contributed by atoms with van der Waals surface area (Å²) in [6.45, 7) is 8.19. The fourth-order valence-electron chi connectivity index (χ4n) is 12.1. The predicted molar refractivity (Wildman–Crippen MR) is 171 cm³/mol. The first-order chi connectivity index (χ1) is 21.3. The van der Waals surface area contributed by atoms with Crippen LogP contribution in [0.3, 0.4) is 0 Å². The van der Waals surface area contributed by atoms with Gasteiger partial charge in [0.25, 0.3) is 0 Å². The van der Waals surface area contributed by atoms with Gasteiger partial charge in [0.05, 0.1) is 0 Å². The van der Waals surface area contributed by atoms with Crippen molar-refractivity contribution in [3.63, 3.8) is 0 Å². The van der Waals surface area contributed by atoms with Gasteiger partial charge in [-0.3, -0.25) is 0 Å². The molecule has 8 atom stereocenters. The molecule has 2 aliphatic heterocycles. The Bertz CT molecular complexity index is 1280. The van der Waals surface area contributed by atoms with E-state index in [1.54, 1.807) is 0 Å². The molecule has 0 aromatic heterocycles. The van der Waals surface area contributed by atoms with Gasteiger partial charge in [-0.25, -0.2) is 0 Å². The van der Waals surface area contributed by atoms with Crippen LogP contribution in [-0.2, 0) is 23.7 Å². The van der Waals surface area contributed by atoms with Crippen molar-refractivity contribution in [2.75, 3.05) is 6.79 Å². The van der Waals surface area contributed by atoms with Crippen LogP contribution in [-0.4, -0.2) is 19.0 Å². The van der Waals surface area contributed by atoms with Gasteiger partial charge in [-0.2, -0.15) is 0 Å². The Morgan fingerprint density at radius 1 is 0.605 bits per heavy atom. The van der Waals surface area contributed by atoms with Gasteiger partial charge in [0.1, 0.15) is 12.2 Å². The van der Waals surface area contributed by atoms with E-state index in [0.29, 0.717) is 12.2 Å². The quantitative estimate of drug-likeness (QED) is 0.336. The van der Waals surface area contributed by atoms with E-state index in [-0.39, 0.29) is 17.6 Å².